The van der Waals surface area contributed by atoms with Crippen LogP contribution in [0.15, 0.2) is 0 Å². The lowest BCUT2D eigenvalue weighted by Gasteiger charge is -2.06. The highest BCUT2D eigenvalue weighted by Gasteiger charge is 1.96. The molecule has 0 fully saturated rings. The number of hydrogen-bond acceptors (Lipinski definition) is 6. The summed E-state index contributed by atoms with van der Waals surface area (Å²) in [5.74, 6) is 0. The van der Waals surface area contributed by atoms with Crippen molar-refractivity contribution in [3.63, 3.8) is 0 Å². The molecule has 0 bridgehead atoms. The molecule has 0 aromatic rings. The monoisotopic (exact) mass is 250 g/mol. The van der Waals surface area contributed by atoms with Gasteiger partial charge in [0, 0.05) is 13.1 Å². The van der Waals surface area contributed by atoms with Gasteiger partial charge in [-0.1, -0.05) is 0 Å². The Balaban J connectivity index is 2.96. The maximum Gasteiger partial charge on any atom is 0.406 e. The molecule has 0 aliphatic heterocycles. The Bertz CT molecular complexity index is 180. The van der Waals surface area contributed by atoms with Crippen molar-refractivity contribution in [2.24, 2.45) is 5.73 Å². The number of methoxy groups -OCH3 is 1. The first kappa shape index (κ1) is 16.1. The van der Waals surface area contributed by atoms with Crippen LogP contribution in [0.25, 0.3) is 0 Å². The minimum Gasteiger partial charge on any atom is -0.453 e. The fourth-order valence-corrected chi connectivity index (χ4v) is 0.923. The van der Waals surface area contributed by atoms with Gasteiger partial charge >= 0.3 is 6.09 Å². The predicted molar refractivity (Wildman–Crippen MR) is 61.9 cm³/mol. The fourth-order valence-electron chi connectivity index (χ4n) is 0.923. The van der Waals surface area contributed by atoms with Gasteiger partial charge in [-0.3, -0.25) is 0 Å². The van der Waals surface area contributed by atoms with Gasteiger partial charge in [0.1, 0.15) is 0 Å². The van der Waals surface area contributed by atoms with Gasteiger partial charge in [-0.2, -0.15) is 0 Å². The molecule has 17 heavy (non-hydrogen) atoms. The summed E-state index contributed by atoms with van der Waals surface area (Å²) in [6.07, 6.45) is -0.457. The van der Waals surface area contributed by atoms with Gasteiger partial charge < -0.3 is 30.0 Å². The summed E-state index contributed by atoms with van der Waals surface area (Å²) in [7, 11) is 1.32. The van der Waals surface area contributed by atoms with E-state index in [1.807, 2.05) is 0 Å². The summed E-state index contributed by atoms with van der Waals surface area (Å²) in [5.41, 5.74) is 5.24. The number of nitrogens with one attached hydrogen (secondary N) is 1. The van der Waals surface area contributed by atoms with E-state index in [9.17, 15) is 4.79 Å². The van der Waals surface area contributed by atoms with E-state index in [0.717, 1.165) is 0 Å². The third kappa shape index (κ3) is 13.0. The molecule has 0 saturated heterocycles. The molecule has 0 spiro atoms. The van der Waals surface area contributed by atoms with Crippen molar-refractivity contribution in [2.75, 3.05) is 59.8 Å². The molecule has 0 radical (unpaired) electrons. The van der Waals surface area contributed by atoms with Crippen LogP contribution < -0.4 is 11.1 Å². The number of nitrogens with two attached hydrogens (primary N) is 1. The van der Waals surface area contributed by atoms with Gasteiger partial charge in [-0.25, -0.2) is 4.79 Å². The molecule has 3 N–H and O–H groups in total. The first-order chi connectivity index (χ1) is 8.31. The average molecular weight is 250 g/mol. The molecule has 0 unspecified atom stereocenters. The first-order valence-corrected chi connectivity index (χ1v) is 5.56. The molecule has 7 nitrogen and oxygen atoms in total. The van der Waals surface area contributed by atoms with Crippen LogP contribution in [0.3, 0.4) is 0 Å². The highest BCUT2D eigenvalue weighted by molar-refractivity contribution is 5.66. The van der Waals surface area contributed by atoms with Crippen molar-refractivity contribution in [3.05, 3.63) is 0 Å². The molecule has 0 heterocycles. The van der Waals surface area contributed by atoms with Crippen molar-refractivity contribution in [1.29, 1.82) is 0 Å². The van der Waals surface area contributed by atoms with Gasteiger partial charge in [0.2, 0.25) is 0 Å². The molecule has 102 valence electrons. The first-order valence-electron chi connectivity index (χ1n) is 5.56. The lowest BCUT2D eigenvalue weighted by Crippen LogP contribution is -2.27. The van der Waals surface area contributed by atoms with Crippen LogP contribution in [0, 0.1) is 0 Å². The van der Waals surface area contributed by atoms with Crippen molar-refractivity contribution in [3.8, 4) is 0 Å². The predicted octanol–water partition coefficient (Wildman–Crippen LogP) is -0.649. The van der Waals surface area contributed by atoms with Gasteiger partial charge in [-0.05, 0) is 0 Å². The van der Waals surface area contributed by atoms with E-state index in [0.29, 0.717) is 52.7 Å². The molecular weight excluding hydrogens is 228 g/mol. The summed E-state index contributed by atoms with van der Waals surface area (Å²) in [4.78, 5) is 10.6. The Morgan fingerprint density at radius 2 is 1.53 bits per heavy atom. The van der Waals surface area contributed by atoms with Crippen molar-refractivity contribution in [2.45, 2.75) is 0 Å². The summed E-state index contributed by atoms with van der Waals surface area (Å²) in [6.45, 7) is 4.00. The van der Waals surface area contributed by atoms with E-state index in [-0.39, 0.29) is 0 Å². The molecule has 0 aliphatic rings. The number of rotatable bonds is 11. The number of hydrogen-bond donors (Lipinski definition) is 2. The zero-order valence-electron chi connectivity index (χ0n) is 10.3. The standard InChI is InChI=1S/C10H22N2O5/c1-14-10(13)12-3-5-16-7-9-17-8-6-15-4-2-11/h2-9,11H2,1H3,(H,12,13). The van der Waals surface area contributed by atoms with Gasteiger partial charge in [0.25, 0.3) is 0 Å². The SMILES string of the molecule is COC(=O)NCCOCCOCCOCCN. The van der Waals surface area contributed by atoms with E-state index < -0.39 is 6.09 Å². The number of ether oxygens (including phenoxy) is 4. The number of carbonyl (C=O) groups excluding carboxylic acids is 1. The number of carbonyl (C=O) groups is 1. The Hall–Kier alpha value is -0.890. The van der Waals surface area contributed by atoms with Crippen LogP contribution in [-0.2, 0) is 18.9 Å². The zero-order valence-corrected chi connectivity index (χ0v) is 10.3. The maximum absolute atomic E-state index is 10.6. The van der Waals surface area contributed by atoms with Crippen LogP contribution in [0.2, 0.25) is 0 Å². The highest BCUT2D eigenvalue weighted by atomic mass is 16.5. The second kappa shape index (κ2) is 13.2. The van der Waals surface area contributed by atoms with Gasteiger partial charge in [0.05, 0.1) is 46.8 Å². The second-order valence-corrected chi connectivity index (χ2v) is 3.04. The largest absolute Gasteiger partial charge is 0.453 e. The zero-order chi connectivity index (χ0) is 12.8. The Labute approximate surface area is 102 Å². The van der Waals surface area contributed by atoms with E-state index in [1.54, 1.807) is 0 Å². The molecule has 7 heteroatoms. The molecule has 0 aliphatic carbocycles. The minimum atomic E-state index is -0.457. The normalized spacial score (nSPS) is 10.2. The molecule has 0 saturated carbocycles. The van der Waals surface area contributed by atoms with Gasteiger partial charge in [0.15, 0.2) is 0 Å². The summed E-state index contributed by atoms with van der Waals surface area (Å²) >= 11 is 0. The molecular formula is C10H22N2O5. The van der Waals surface area contributed by atoms with E-state index in [1.165, 1.54) is 7.11 Å². The van der Waals surface area contributed by atoms with E-state index >= 15 is 0 Å². The Morgan fingerprint density at radius 3 is 2.06 bits per heavy atom. The van der Waals surface area contributed by atoms with Crippen LogP contribution in [-0.4, -0.2) is 65.9 Å². The molecule has 1 amide bonds. The lowest BCUT2D eigenvalue weighted by molar-refractivity contribution is 0.0166. The molecule has 0 aromatic carbocycles. The quantitative estimate of drug-likeness (QED) is 0.473. The summed E-state index contributed by atoms with van der Waals surface area (Å²) in [5, 5.41) is 2.50. The lowest BCUT2D eigenvalue weighted by atomic mass is 10.6. The van der Waals surface area contributed by atoms with E-state index in [4.69, 9.17) is 19.9 Å². The van der Waals surface area contributed by atoms with Gasteiger partial charge in [-0.15, -0.1) is 0 Å². The average Bonchev–Trinajstić information content (AvgIpc) is 2.35. The number of alkyl carbamates (subject to hydrolysis) is 1. The highest BCUT2D eigenvalue weighted by Crippen LogP contribution is 1.80. The van der Waals surface area contributed by atoms with Crippen LogP contribution >= 0.6 is 0 Å². The summed E-state index contributed by atoms with van der Waals surface area (Å²) in [6, 6.07) is 0. The van der Waals surface area contributed by atoms with E-state index in [2.05, 4.69) is 10.1 Å². The Kier molecular flexibility index (Phi) is 12.5. The maximum atomic E-state index is 10.6. The Morgan fingerprint density at radius 1 is 1.00 bits per heavy atom. The van der Waals surface area contributed by atoms with Crippen LogP contribution in [0.4, 0.5) is 4.79 Å². The summed E-state index contributed by atoms with van der Waals surface area (Å²) < 4.78 is 19.9. The molecule has 0 aromatic heterocycles. The number of amides is 1. The third-order valence-electron chi connectivity index (χ3n) is 1.71. The smallest absolute Gasteiger partial charge is 0.406 e. The fraction of sp³-hybridized carbons (Fsp3) is 0.900. The van der Waals surface area contributed by atoms with Crippen molar-refractivity contribution in [1.82, 2.24) is 5.32 Å². The molecule has 0 atom stereocenters. The van der Waals surface area contributed by atoms with Crippen LogP contribution in [0.5, 0.6) is 0 Å². The van der Waals surface area contributed by atoms with Crippen molar-refractivity contribution < 1.29 is 23.7 Å². The van der Waals surface area contributed by atoms with Crippen LogP contribution in [0.1, 0.15) is 0 Å². The van der Waals surface area contributed by atoms with Crippen molar-refractivity contribution >= 4 is 6.09 Å². The topological polar surface area (TPSA) is 92.0 Å². The second-order valence-electron chi connectivity index (χ2n) is 3.04. The third-order valence-corrected chi connectivity index (χ3v) is 1.71. The minimum absolute atomic E-state index is 0.423. The molecule has 0 rings (SSSR count).